The van der Waals surface area contributed by atoms with Crippen LogP contribution < -0.4 is 10.9 Å². The highest BCUT2D eigenvalue weighted by Gasteiger charge is 2.30. The monoisotopic (exact) mass is 369 g/mol. The Labute approximate surface area is 159 Å². The van der Waals surface area contributed by atoms with Gasteiger partial charge in [0.1, 0.15) is 11.3 Å². The van der Waals surface area contributed by atoms with Gasteiger partial charge in [0.25, 0.3) is 5.91 Å². The fourth-order valence-corrected chi connectivity index (χ4v) is 3.70. The van der Waals surface area contributed by atoms with E-state index in [1.54, 1.807) is 13.0 Å². The number of aryl methyl sites for hydroxylation is 3. The van der Waals surface area contributed by atoms with Gasteiger partial charge in [-0.15, -0.1) is 0 Å². The number of carbonyl (C=O) groups is 1. The van der Waals surface area contributed by atoms with E-state index >= 15 is 0 Å². The highest BCUT2D eigenvalue weighted by molar-refractivity contribution is 5.95. The Hall–Kier alpha value is -2.40. The molecule has 0 radical (unpaired) electrons. The van der Waals surface area contributed by atoms with Crippen molar-refractivity contribution in [2.24, 2.45) is 0 Å². The molecule has 1 amide bonds. The minimum Gasteiger partial charge on any atom is -0.427 e. The van der Waals surface area contributed by atoms with Crippen molar-refractivity contribution in [3.63, 3.8) is 0 Å². The van der Waals surface area contributed by atoms with E-state index in [9.17, 15) is 14.7 Å². The van der Waals surface area contributed by atoms with Crippen LogP contribution in [0, 0.1) is 6.92 Å². The molecule has 1 heterocycles. The van der Waals surface area contributed by atoms with Gasteiger partial charge in [0.2, 0.25) is 0 Å². The van der Waals surface area contributed by atoms with E-state index in [1.807, 2.05) is 30.3 Å². The van der Waals surface area contributed by atoms with Gasteiger partial charge in [0.05, 0.1) is 5.60 Å². The van der Waals surface area contributed by atoms with Crippen molar-refractivity contribution in [3.05, 3.63) is 69.3 Å². The summed E-state index contributed by atoms with van der Waals surface area (Å²) >= 11 is 0. The van der Waals surface area contributed by atoms with Crippen LogP contribution in [0.25, 0.3) is 0 Å². The Bertz CT molecular complexity index is 835. The van der Waals surface area contributed by atoms with Crippen LogP contribution in [-0.2, 0) is 12.8 Å². The maximum atomic E-state index is 12.5. The van der Waals surface area contributed by atoms with E-state index in [2.05, 4.69) is 5.32 Å². The number of nitrogens with one attached hydrogen (secondary N) is 1. The number of rotatable bonds is 6. The average Bonchev–Trinajstić information content (AvgIpc) is 2.66. The maximum Gasteiger partial charge on any atom is 0.349 e. The van der Waals surface area contributed by atoms with Gasteiger partial charge in [0.15, 0.2) is 0 Å². The quantitative estimate of drug-likeness (QED) is 0.820. The molecule has 3 rings (SSSR count). The maximum absolute atomic E-state index is 12.5. The first-order valence-electron chi connectivity index (χ1n) is 9.65. The zero-order chi connectivity index (χ0) is 19.3. The highest BCUT2D eigenvalue weighted by atomic mass is 16.4. The van der Waals surface area contributed by atoms with Crippen LogP contribution >= 0.6 is 0 Å². The Morgan fingerprint density at radius 1 is 1.15 bits per heavy atom. The summed E-state index contributed by atoms with van der Waals surface area (Å²) in [5.74, 6) is 0.0960. The van der Waals surface area contributed by atoms with Crippen molar-refractivity contribution in [3.8, 4) is 0 Å². The molecule has 2 N–H and O–H groups in total. The summed E-state index contributed by atoms with van der Waals surface area (Å²) in [6, 6.07) is 11.7. The molecule has 0 saturated heterocycles. The fraction of sp³-hybridized carbons (Fsp3) is 0.455. The Morgan fingerprint density at radius 3 is 2.52 bits per heavy atom. The summed E-state index contributed by atoms with van der Waals surface area (Å²) in [7, 11) is 0. The first-order valence-corrected chi connectivity index (χ1v) is 9.65. The van der Waals surface area contributed by atoms with Gasteiger partial charge in [-0.3, -0.25) is 4.79 Å². The molecule has 0 bridgehead atoms. The molecule has 5 heteroatoms. The summed E-state index contributed by atoms with van der Waals surface area (Å²) in [6.45, 7) is 1.91. The molecule has 144 valence electrons. The van der Waals surface area contributed by atoms with Crippen LogP contribution in [0.2, 0.25) is 0 Å². The molecule has 1 aliphatic rings. The minimum absolute atomic E-state index is 0.0258. The second-order valence-corrected chi connectivity index (χ2v) is 7.51. The van der Waals surface area contributed by atoms with Crippen LogP contribution in [0.15, 0.2) is 45.6 Å². The lowest BCUT2D eigenvalue weighted by molar-refractivity contribution is 0.00520. The van der Waals surface area contributed by atoms with Gasteiger partial charge in [-0.25, -0.2) is 4.79 Å². The van der Waals surface area contributed by atoms with Gasteiger partial charge >= 0.3 is 5.63 Å². The first-order chi connectivity index (χ1) is 13.0. The number of hydrogen-bond donors (Lipinski definition) is 2. The van der Waals surface area contributed by atoms with E-state index in [4.69, 9.17) is 4.42 Å². The lowest BCUT2D eigenvalue weighted by Gasteiger charge is -2.32. The van der Waals surface area contributed by atoms with Crippen LogP contribution in [0.5, 0.6) is 0 Å². The Morgan fingerprint density at radius 2 is 1.85 bits per heavy atom. The molecule has 1 aliphatic carbocycles. The lowest BCUT2D eigenvalue weighted by Crippen LogP contribution is -2.45. The van der Waals surface area contributed by atoms with E-state index in [0.717, 1.165) is 25.7 Å². The summed E-state index contributed by atoms with van der Waals surface area (Å²) in [6.07, 6.45) is 5.76. The van der Waals surface area contributed by atoms with Crippen LogP contribution in [0.3, 0.4) is 0 Å². The number of carbonyl (C=O) groups excluding carboxylic acids is 1. The number of benzene rings is 1. The average molecular weight is 369 g/mol. The number of hydrogen-bond acceptors (Lipinski definition) is 4. The highest BCUT2D eigenvalue weighted by Crippen LogP contribution is 2.27. The summed E-state index contributed by atoms with van der Waals surface area (Å²) in [5.41, 5.74) is 0.310. The summed E-state index contributed by atoms with van der Waals surface area (Å²) < 4.78 is 5.37. The standard InChI is InChI=1S/C22H27NO4/c1-16-14-18(11-10-17-8-4-2-5-9-17)27-21(25)19(16)20(24)23-15-22(26)12-6-3-7-13-22/h2,4-5,8-9,14,26H,3,6-7,10-13,15H2,1H3,(H,23,24). The van der Waals surface area contributed by atoms with Crippen LogP contribution in [0.1, 0.15) is 59.3 Å². The zero-order valence-corrected chi connectivity index (χ0v) is 15.8. The lowest BCUT2D eigenvalue weighted by atomic mass is 9.85. The third kappa shape index (κ3) is 5.07. The molecule has 0 atom stereocenters. The van der Waals surface area contributed by atoms with Gasteiger partial charge in [0, 0.05) is 13.0 Å². The number of amides is 1. The predicted octanol–water partition coefficient (Wildman–Crippen LogP) is 3.16. The molecule has 5 nitrogen and oxygen atoms in total. The molecule has 1 fully saturated rings. The largest absolute Gasteiger partial charge is 0.427 e. The zero-order valence-electron chi connectivity index (χ0n) is 15.8. The topological polar surface area (TPSA) is 79.5 Å². The van der Waals surface area contributed by atoms with E-state index < -0.39 is 17.1 Å². The van der Waals surface area contributed by atoms with Crippen molar-refractivity contribution in [2.75, 3.05) is 6.54 Å². The molecule has 0 spiro atoms. The molecule has 0 unspecified atom stereocenters. The smallest absolute Gasteiger partial charge is 0.349 e. The molecular formula is C22H27NO4. The van der Waals surface area contributed by atoms with E-state index in [0.29, 0.717) is 30.6 Å². The third-order valence-corrected chi connectivity index (χ3v) is 5.29. The minimum atomic E-state index is -0.863. The molecule has 0 aliphatic heterocycles. The van der Waals surface area contributed by atoms with Crippen LogP contribution in [-0.4, -0.2) is 23.2 Å². The van der Waals surface area contributed by atoms with Crippen molar-refractivity contribution in [1.29, 1.82) is 0 Å². The van der Waals surface area contributed by atoms with Gasteiger partial charge in [-0.1, -0.05) is 49.6 Å². The van der Waals surface area contributed by atoms with Crippen molar-refractivity contribution >= 4 is 5.91 Å². The second kappa shape index (κ2) is 8.53. The van der Waals surface area contributed by atoms with Crippen molar-refractivity contribution < 1.29 is 14.3 Å². The van der Waals surface area contributed by atoms with Gasteiger partial charge in [-0.05, 0) is 43.4 Å². The molecule has 27 heavy (non-hydrogen) atoms. The van der Waals surface area contributed by atoms with Gasteiger partial charge in [-0.2, -0.15) is 0 Å². The predicted molar refractivity (Wildman–Crippen MR) is 104 cm³/mol. The van der Waals surface area contributed by atoms with Gasteiger partial charge < -0.3 is 14.8 Å². The summed E-state index contributed by atoms with van der Waals surface area (Å²) in [5, 5.41) is 13.2. The normalized spacial score (nSPS) is 16.1. The SMILES string of the molecule is Cc1cc(CCc2ccccc2)oc(=O)c1C(=O)NCC1(O)CCCCC1. The molecule has 1 saturated carbocycles. The molecule has 2 aromatic rings. The Kier molecular flexibility index (Phi) is 6.11. The fourth-order valence-electron chi connectivity index (χ4n) is 3.70. The molecule has 1 aromatic heterocycles. The van der Waals surface area contributed by atoms with Crippen LogP contribution in [0.4, 0.5) is 0 Å². The molecular weight excluding hydrogens is 342 g/mol. The first kappa shape index (κ1) is 19.4. The summed E-state index contributed by atoms with van der Waals surface area (Å²) in [4.78, 5) is 24.8. The second-order valence-electron chi connectivity index (χ2n) is 7.51. The van der Waals surface area contributed by atoms with E-state index in [1.165, 1.54) is 5.56 Å². The molecule has 1 aromatic carbocycles. The Balaban J connectivity index is 1.65. The van der Waals surface area contributed by atoms with Crippen molar-refractivity contribution in [1.82, 2.24) is 5.32 Å². The van der Waals surface area contributed by atoms with Crippen molar-refractivity contribution in [2.45, 2.75) is 57.5 Å². The van der Waals surface area contributed by atoms with E-state index in [-0.39, 0.29) is 12.1 Å². The number of aliphatic hydroxyl groups is 1. The third-order valence-electron chi connectivity index (χ3n) is 5.29.